The van der Waals surface area contributed by atoms with Gasteiger partial charge in [0, 0.05) is 31.8 Å². The zero-order chi connectivity index (χ0) is 18.0. The number of benzene rings is 2. The molecule has 0 radical (unpaired) electrons. The van der Waals surface area contributed by atoms with E-state index < -0.39 is 14.9 Å². The van der Waals surface area contributed by atoms with Gasteiger partial charge in [0.15, 0.2) is 0 Å². The molecule has 0 saturated carbocycles. The van der Waals surface area contributed by atoms with Gasteiger partial charge in [-0.05, 0) is 22.8 Å². The van der Waals surface area contributed by atoms with Crippen LogP contribution in [0.1, 0.15) is 16.7 Å². The molecule has 0 aliphatic carbocycles. The van der Waals surface area contributed by atoms with E-state index in [4.69, 9.17) is 4.74 Å². The van der Waals surface area contributed by atoms with E-state index in [0.717, 1.165) is 30.3 Å². The Bertz CT molecular complexity index is 933. The molecule has 3 rings (SSSR count). The first kappa shape index (κ1) is 20.1. The van der Waals surface area contributed by atoms with Crippen LogP contribution in [-0.2, 0) is 29.7 Å². The van der Waals surface area contributed by atoms with Crippen LogP contribution in [0.15, 0.2) is 41.3 Å². The molecule has 26 heavy (non-hydrogen) atoms. The fourth-order valence-corrected chi connectivity index (χ4v) is 3.91. The lowest BCUT2D eigenvalue weighted by molar-refractivity contribution is -0.385. The highest BCUT2D eigenvalue weighted by Gasteiger charge is 2.23. The topological polar surface area (TPSA) is 111 Å². The van der Waals surface area contributed by atoms with Gasteiger partial charge in [0.1, 0.15) is 10.6 Å². The highest BCUT2D eigenvalue weighted by Crippen LogP contribution is 2.28. The van der Waals surface area contributed by atoms with Crippen LogP contribution < -0.4 is 14.8 Å². The van der Waals surface area contributed by atoms with E-state index >= 15 is 0 Å². The van der Waals surface area contributed by atoms with E-state index in [-0.39, 0.29) is 35.3 Å². The summed E-state index contributed by atoms with van der Waals surface area (Å²) < 4.78 is 32.6. The smallest absolute Gasteiger partial charge is 0.271 e. The summed E-state index contributed by atoms with van der Waals surface area (Å²) in [6, 6.07) is 9.24. The number of nitro benzene ring substituents is 1. The number of hydrogen-bond acceptors (Lipinski definition) is 6. The van der Waals surface area contributed by atoms with Crippen LogP contribution in [0, 0.1) is 10.1 Å². The molecule has 0 saturated heterocycles. The number of hydrogen-bond donors (Lipinski definition) is 2. The summed E-state index contributed by atoms with van der Waals surface area (Å²) >= 11 is 0. The Morgan fingerprint density at radius 1 is 1.19 bits per heavy atom. The van der Waals surface area contributed by atoms with Gasteiger partial charge in [-0.3, -0.25) is 10.1 Å². The fourth-order valence-electron chi connectivity index (χ4n) is 2.70. The van der Waals surface area contributed by atoms with Gasteiger partial charge >= 0.3 is 0 Å². The molecule has 140 valence electrons. The van der Waals surface area contributed by atoms with Gasteiger partial charge in [0.25, 0.3) is 5.69 Å². The van der Waals surface area contributed by atoms with Crippen LogP contribution in [0.5, 0.6) is 5.75 Å². The largest absolute Gasteiger partial charge is 0.495 e. The third-order valence-electron chi connectivity index (χ3n) is 4.02. The van der Waals surface area contributed by atoms with Crippen molar-refractivity contribution in [2.75, 3.05) is 7.11 Å². The fraction of sp³-hybridized carbons (Fsp3) is 0.250. The molecule has 0 amide bonds. The summed E-state index contributed by atoms with van der Waals surface area (Å²) in [6.45, 7) is 1.66. The number of nitrogens with zero attached hydrogens (tertiary/aromatic N) is 1. The molecule has 0 fully saturated rings. The molecule has 2 aromatic carbocycles. The molecular formula is C16H18ClN3O5S. The number of nitrogens with one attached hydrogen (secondary N) is 2. The molecule has 8 nitrogen and oxygen atoms in total. The van der Waals surface area contributed by atoms with Gasteiger partial charge in [-0.25, -0.2) is 13.1 Å². The number of halogens is 1. The van der Waals surface area contributed by atoms with Crippen LogP contribution in [-0.4, -0.2) is 20.5 Å². The summed E-state index contributed by atoms with van der Waals surface area (Å²) in [5.74, 6) is 0.0521. The maximum absolute atomic E-state index is 12.6. The lowest BCUT2D eigenvalue weighted by atomic mass is 10.1. The summed E-state index contributed by atoms with van der Waals surface area (Å²) in [7, 11) is -2.65. The first-order valence-electron chi connectivity index (χ1n) is 7.54. The van der Waals surface area contributed by atoms with Gasteiger partial charge in [-0.2, -0.15) is 0 Å². The molecule has 1 aliphatic rings. The first-order chi connectivity index (χ1) is 11.9. The van der Waals surface area contributed by atoms with Crippen LogP contribution in [0.3, 0.4) is 0 Å². The minimum atomic E-state index is -3.97. The van der Waals surface area contributed by atoms with Gasteiger partial charge in [-0.1, -0.05) is 18.2 Å². The van der Waals surface area contributed by atoms with Crippen molar-refractivity contribution in [3.63, 3.8) is 0 Å². The molecule has 10 heteroatoms. The Morgan fingerprint density at radius 3 is 2.62 bits per heavy atom. The van der Waals surface area contributed by atoms with E-state index in [9.17, 15) is 18.5 Å². The summed E-state index contributed by atoms with van der Waals surface area (Å²) in [5.41, 5.74) is 2.84. The van der Waals surface area contributed by atoms with Gasteiger partial charge < -0.3 is 10.1 Å². The highest BCUT2D eigenvalue weighted by atomic mass is 35.5. The first-order valence-corrected chi connectivity index (χ1v) is 9.02. The van der Waals surface area contributed by atoms with Crippen LogP contribution in [0.4, 0.5) is 5.69 Å². The molecule has 0 aromatic heterocycles. The minimum Gasteiger partial charge on any atom is -0.495 e. The van der Waals surface area contributed by atoms with Crippen molar-refractivity contribution in [2.45, 2.75) is 24.5 Å². The Morgan fingerprint density at radius 2 is 1.92 bits per heavy atom. The predicted molar refractivity (Wildman–Crippen MR) is 97.9 cm³/mol. The van der Waals surface area contributed by atoms with Crippen LogP contribution in [0.2, 0.25) is 0 Å². The Labute approximate surface area is 157 Å². The van der Waals surface area contributed by atoms with Gasteiger partial charge in [0.2, 0.25) is 10.0 Å². The number of rotatable bonds is 6. The Kier molecular flexibility index (Phi) is 6.19. The number of non-ortho nitro benzene ring substituents is 1. The Hall–Kier alpha value is -2.20. The van der Waals surface area contributed by atoms with E-state index in [1.807, 2.05) is 18.2 Å². The second kappa shape index (κ2) is 8.00. The maximum Gasteiger partial charge on any atom is 0.271 e. The van der Waals surface area contributed by atoms with E-state index in [1.54, 1.807) is 0 Å². The molecule has 2 aromatic rings. The monoisotopic (exact) mass is 399 g/mol. The number of nitro groups is 1. The average molecular weight is 400 g/mol. The Balaban J connectivity index is 0.00000243. The third-order valence-corrected chi connectivity index (χ3v) is 5.44. The second-order valence-electron chi connectivity index (χ2n) is 5.62. The molecule has 0 bridgehead atoms. The molecule has 0 atom stereocenters. The number of ether oxygens (including phenoxy) is 1. The van der Waals surface area contributed by atoms with Crippen molar-refractivity contribution in [3.05, 3.63) is 63.2 Å². The van der Waals surface area contributed by atoms with Crippen molar-refractivity contribution < 1.29 is 18.1 Å². The van der Waals surface area contributed by atoms with Gasteiger partial charge in [-0.15, -0.1) is 12.4 Å². The quantitative estimate of drug-likeness (QED) is 0.568. The van der Waals surface area contributed by atoms with Crippen molar-refractivity contribution in [1.29, 1.82) is 0 Å². The van der Waals surface area contributed by atoms with Crippen molar-refractivity contribution >= 4 is 28.1 Å². The standard InChI is InChI=1S/C16H17N3O5S.ClH/c1-24-15-5-4-14(19(20)21)7-16(15)25(22,23)18-8-11-2-3-12-9-17-10-13(12)6-11;/h2-7,17-18H,8-10H2,1H3;1H. The summed E-state index contributed by atoms with van der Waals surface area (Å²) in [6.07, 6.45) is 0. The molecule has 0 spiro atoms. The lowest BCUT2D eigenvalue weighted by Gasteiger charge is -2.11. The zero-order valence-electron chi connectivity index (χ0n) is 13.9. The normalized spacial score (nSPS) is 13.0. The van der Waals surface area contributed by atoms with E-state index in [0.29, 0.717) is 0 Å². The van der Waals surface area contributed by atoms with Crippen molar-refractivity contribution in [2.24, 2.45) is 0 Å². The lowest BCUT2D eigenvalue weighted by Crippen LogP contribution is -2.24. The third kappa shape index (κ3) is 4.13. The van der Waals surface area contributed by atoms with Crippen LogP contribution in [0.25, 0.3) is 0 Å². The number of methoxy groups -OCH3 is 1. The van der Waals surface area contributed by atoms with E-state index in [1.165, 1.54) is 24.8 Å². The SMILES string of the molecule is COc1ccc([N+](=O)[O-])cc1S(=O)(=O)NCc1ccc2c(c1)CNC2.Cl. The average Bonchev–Trinajstić information content (AvgIpc) is 3.07. The highest BCUT2D eigenvalue weighted by molar-refractivity contribution is 7.89. The van der Waals surface area contributed by atoms with E-state index in [2.05, 4.69) is 10.0 Å². The zero-order valence-corrected chi connectivity index (χ0v) is 15.5. The molecule has 1 aliphatic heterocycles. The number of sulfonamides is 1. The number of fused-ring (bicyclic) bond motifs is 1. The van der Waals surface area contributed by atoms with Crippen molar-refractivity contribution in [1.82, 2.24) is 10.0 Å². The maximum atomic E-state index is 12.6. The molecular weight excluding hydrogens is 382 g/mol. The second-order valence-corrected chi connectivity index (χ2v) is 7.36. The van der Waals surface area contributed by atoms with Crippen LogP contribution >= 0.6 is 12.4 Å². The summed E-state index contributed by atoms with van der Waals surface area (Å²) in [5, 5.41) is 14.1. The molecule has 1 heterocycles. The summed E-state index contributed by atoms with van der Waals surface area (Å²) in [4.78, 5) is 10.0. The molecule has 0 unspecified atom stereocenters. The molecule has 2 N–H and O–H groups in total. The predicted octanol–water partition coefficient (Wildman–Crippen LogP) is 2.11. The van der Waals surface area contributed by atoms with Gasteiger partial charge in [0.05, 0.1) is 12.0 Å². The van der Waals surface area contributed by atoms with Crippen molar-refractivity contribution in [3.8, 4) is 5.75 Å². The minimum absolute atomic E-state index is 0.